The van der Waals surface area contributed by atoms with Crippen molar-refractivity contribution in [3.05, 3.63) is 23.8 Å². The maximum atomic E-state index is 9.08. The van der Waals surface area contributed by atoms with Crippen LogP contribution in [0.15, 0.2) is 18.2 Å². The molecule has 96 valence electrons. The third kappa shape index (κ3) is 3.59. The molecule has 3 N–H and O–H groups in total. The van der Waals surface area contributed by atoms with E-state index in [1.807, 2.05) is 27.0 Å². The maximum absolute atomic E-state index is 9.08. The second-order valence-electron chi connectivity index (χ2n) is 3.39. The van der Waals surface area contributed by atoms with Gasteiger partial charge in [0.15, 0.2) is 11.5 Å². The Kier molecular flexibility index (Phi) is 4.74. The number of fused-ring (bicyclic) bond motifs is 1. The minimum atomic E-state index is -2.52. The van der Waals surface area contributed by atoms with Gasteiger partial charge >= 0.3 is 6.16 Å². The Bertz CT molecular complexity index is 366. The zero-order valence-electron chi connectivity index (χ0n) is 10.4. The van der Waals surface area contributed by atoms with Crippen LogP contribution in [0.1, 0.15) is 19.4 Å². The van der Waals surface area contributed by atoms with Crippen molar-refractivity contribution >= 4 is 0 Å². The standard InChI is InChI=1S/C10H13NO4.C2H6/c1-11-5-4-7-2-3-8-9(6-7)15-10(12,13)14-8;1-2/h2-3,6,11-13H,4-5H2,1H3;1-2H3. The van der Waals surface area contributed by atoms with E-state index in [0.717, 1.165) is 18.5 Å². The van der Waals surface area contributed by atoms with Crippen LogP contribution >= 0.6 is 0 Å². The van der Waals surface area contributed by atoms with Gasteiger partial charge in [0.2, 0.25) is 0 Å². The first kappa shape index (κ1) is 13.8. The summed E-state index contributed by atoms with van der Waals surface area (Å²) < 4.78 is 9.51. The lowest BCUT2D eigenvalue weighted by Crippen LogP contribution is -2.37. The van der Waals surface area contributed by atoms with Gasteiger partial charge in [-0.15, -0.1) is 0 Å². The Morgan fingerprint density at radius 3 is 2.47 bits per heavy atom. The number of nitrogens with one attached hydrogen (secondary N) is 1. The van der Waals surface area contributed by atoms with Gasteiger partial charge < -0.3 is 14.8 Å². The van der Waals surface area contributed by atoms with Crippen LogP contribution in [0.25, 0.3) is 0 Å². The second kappa shape index (κ2) is 5.86. The average molecular weight is 241 g/mol. The van der Waals surface area contributed by atoms with Crippen LogP contribution in [0.3, 0.4) is 0 Å². The van der Waals surface area contributed by atoms with Crippen LogP contribution in [-0.4, -0.2) is 30.0 Å². The molecule has 0 unspecified atom stereocenters. The van der Waals surface area contributed by atoms with E-state index in [0.29, 0.717) is 11.5 Å². The van der Waals surface area contributed by atoms with Gasteiger partial charge in [-0.1, -0.05) is 19.9 Å². The molecule has 1 heterocycles. The SMILES string of the molecule is CC.CNCCc1ccc2c(c1)OC(O)(O)O2. The Labute approximate surface area is 101 Å². The lowest BCUT2D eigenvalue weighted by atomic mass is 10.1. The molecule has 1 aromatic rings. The molecule has 1 aromatic carbocycles. The average Bonchev–Trinajstić information content (AvgIpc) is 2.62. The molecule has 2 rings (SSSR count). The maximum Gasteiger partial charge on any atom is 0.505 e. The highest BCUT2D eigenvalue weighted by Crippen LogP contribution is 2.37. The largest absolute Gasteiger partial charge is 0.505 e. The van der Waals surface area contributed by atoms with Crippen LogP contribution in [0, 0.1) is 0 Å². The highest BCUT2D eigenvalue weighted by atomic mass is 17.0. The van der Waals surface area contributed by atoms with E-state index < -0.39 is 6.16 Å². The molecule has 0 aliphatic carbocycles. The molecule has 0 fully saturated rings. The predicted molar refractivity (Wildman–Crippen MR) is 63.8 cm³/mol. The molecule has 0 atom stereocenters. The lowest BCUT2D eigenvalue weighted by molar-refractivity contribution is -0.385. The Morgan fingerprint density at radius 1 is 1.18 bits per heavy atom. The molecule has 1 aliphatic heterocycles. The summed E-state index contributed by atoms with van der Waals surface area (Å²) in [6.07, 6.45) is -1.68. The molecule has 0 bridgehead atoms. The summed E-state index contributed by atoms with van der Waals surface area (Å²) in [6.45, 7) is 4.85. The topological polar surface area (TPSA) is 71.0 Å². The van der Waals surface area contributed by atoms with Crippen LogP contribution < -0.4 is 14.8 Å². The molecule has 0 spiro atoms. The van der Waals surface area contributed by atoms with Gasteiger partial charge in [0.05, 0.1) is 0 Å². The van der Waals surface area contributed by atoms with Gasteiger partial charge in [-0.3, -0.25) is 10.2 Å². The highest BCUT2D eigenvalue weighted by Gasteiger charge is 2.37. The minimum absolute atomic E-state index is 0.341. The van der Waals surface area contributed by atoms with Gasteiger partial charge in [-0.25, -0.2) is 0 Å². The minimum Gasteiger partial charge on any atom is -0.403 e. The van der Waals surface area contributed by atoms with E-state index in [1.165, 1.54) is 0 Å². The van der Waals surface area contributed by atoms with E-state index in [1.54, 1.807) is 12.1 Å². The zero-order chi connectivity index (χ0) is 12.9. The molecule has 5 nitrogen and oxygen atoms in total. The number of likely N-dealkylation sites (N-methyl/N-ethyl adjacent to an activating group) is 1. The first-order valence-corrected chi connectivity index (χ1v) is 5.71. The zero-order valence-corrected chi connectivity index (χ0v) is 10.4. The normalized spacial score (nSPS) is 15.1. The smallest absolute Gasteiger partial charge is 0.403 e. The number of rotatable bonds is 3. The molecule has 0 saturated heterocycles. The highest BCUT2D eigenvalue weighted by molar-refractivity contribution is 5.45. The third-order valence-corrected chi connectivity index (χ3v) is 2.16. The molecule has 0 aromatic heterocycles. The van der Waals surface area contributed by atoms with E-state index in [2.05, 4.69) is 5.32 Å². The fraction of sp³-hybridized carbons (Fsp3) is 0.500. The monoisotopic (exact) mass is 241 g/mol. The first-order valence-electron chi connectivity index (χ1n) is 5.71. The number of hydrogen-bond acceptors (Lipinski definition) is 5. The van der Waals surface area contributed by atoms with Gasteiger partial charge in [0.1, 0.15) is 0 Å². The predicted octanol–water partition coefficient (Wildman–Crippen LogP) is 0.842. The van der Waals surface area contributed by atoms with E-state index in [9.17, 15) is 0 Å². The quantitative estimate of drug-likeness (QED) is 0.684. The fourth-order valence-corrected chi connectivity index (χ4v) is 1.45. The van der Waals surface area contributed by atoms with Crippen molar-refractivity contribution in [2.24, 2.45) is 0 Å². The van der Waals surface area contributed by atoms with Crippen LogP contribution in [0.5, 0.6) is 11.5 Å². The number of ether oxygens (including phenoxy) is 2. The summed E-state index contributed by atoms with van der Waals surface area (Å²) in [6, 6.07) is 5.26. The molecule has 0 radical (unpaired) electrons. The molecular formula is C12H19NO4. The van der Waals surface area contributed by atoms with Gasteiger partial charge in [-0.05, 0) is 37.7 Å². The van der Waals surface area contributed by atoms with Crippen molar-refractivity contribution in [3.8, 4) is 11.5 Å². The summed E-state index contributed by atoms with van der Waals surface area (Å²) in [5.41, 5.74) is 1.05. The van der Waals surface area contributed by atoms with Gasteiger partial charge in [0, 0.05) is 0 Å². The number of benzene rings is 1. The van der Waals surface area contributed by atoms with E-state index in [4.69, 9.17) is 19.7 Å². The summed E-state index contributed by atoms with van der Waals surface area (Å²) >= 11 is 0. The van der Waals surface area contributed by atoms with Crippen molar-refractivity contribution in [1.29, 1.82) is 0 Å². The molecule has 17 heavy (non-hydrogen) atoms. The Hall–Kier alpha value is -1.30. The van der Waals surface area contributed by atoms with Crippen LogP contribution in [0.2, 0.25) is 0 Å². The summed E-state index contributed by atoms with van der Waals surface area (Å²) in [5.74, 6) is 0.696. The van der Waals surface area contributed by atoms with Crippen LogP contribution in [0.4, 0.5) is 0 Å². The van der Waals surface area contributed by atoms with E-state index in [-0.39, 0.29) is 0 Å². The molecular weight excluding hydrogens is 222 g/mol. The molecule has 0 saturated carbocycles. The molecule has 1 aliphatic rings. The van der Waals surface area contributed by atoms with E-state index >= 15 is 0 Å². The van der Waals surface area contributed by atoms with Gasteiger partial charge in [0.25, 0.3) is 0 Å². The van der Waals surface area contributed by atoms with Crippen molar-refractivity contribution in [1.82, 2.24) is 5.32 Å². The summed E-state index contributed by atoms with van der Waals surface area (Å²) in [7, 11) is 1.87. The summed E-state index contributed by atoms with van der Waals surface area (Å²) in [5, 5.41) is 21.2. The van der Waals surface area contributed by atoms with Crippen molar-refractivity contribution in [2.45, 2.75) is 26.4 Å². The summed E-state index contributed by atoms with van der Waals surface area (Å²) in [4.78, 5) is 0. The fourth-order valence-electron chi connectivity index (χ4n) is 1.45. The number of aliphatic hydroxyl groups is 2. The third-order valence-electron chi connectivity index (χ3n) is 2.16. The van der Waals surface area contributed by atoms with Crippen molar-refractivity contribution in [3.63, 3.8) is 0 Å². The first-order chi connectivity index (χ1) is 8.11. The van der Waals surface area contributed by atoms with Crippen molar-refractivity contribution in [2.75, 3.05) is 13.6 Å². The lowest BCUT2D eigenvalue weighted by Gasteiger charge is -2.10. The Morgan fingerprint density at radius 2 is 1.82 bits per heavy atom. The second-order valence-corrected chi connectivity index (χ2v) is 3.39. The molecule has 0 amide bonds. The molecule has 5 heteroatoms. The van der Waals surface area contributed by atoms with Crippen LogP contribution in [-0.2, 0) is 6.42 Å². The van der Waals surface area contributed by atoms with Gasteiger partial charge in [-0.2, -0.15) is 0 Å². The van der Waals surface area contributed by atoms with Crippen molar-refractivity contribution < 1.29 is 19.7 Å². The Balaban J connectivity index is 0.000000686. The number of hydrogen-bond donors (Lipinski definition) is 3.